The molecule has 4 nitrogen and oxygen atoms in total. The zero-order chi connectivity index (χ0) is 16.0. The second kappa shape index (κ2) is 6.30. The van der Waals surface area contributed by atoms with Crippen molar-refractivity contribution in [1.29, 1.82) is 0 Å². The first kappa shape index (κ1) is 16.6. The Kier molecular flexibility index (Phi) is 4.35. The Labute approximate surface area is 145 Å². The van der Waals surface area contributed by atoms with E-state index in [1.807, 2.05) is 24.3 Å². The molecule has 1 aromatic heterocycles. The van der Waals surface area contributed by atoms with Gasteiger partial charge in [-0.2, -0.15) is 0 Å². The molecule has 2 aromatic carbocycles. The lowest BCUT2D eigenvalue weighted by molar-refractivity contribution is 0.478. The van der Waals surface area contributed by atoms with Crippen LogP contribution in [-0.2, 0) is 19.4 Å². The Morgan fingerprint density at radius 3 is 2.46 bits per heavy atom. The SMILES string of the molecule is Cl.NCc1ccc(-c2c(O)ccc3[nH]c(=O)c4c(c23)CCC4)cc1. The first-order valence-electron chi connectivity index (χ1n) is 7.88. The molecule has 1 aliphatic rings. The molecule has 24 heavy (non-hydrogen) atoms. The summed E-state index contributed by atoms with van der Waals surface area (Å²) < 4.78 is 0. The summed E-state index contributed by atoms with van der Waals surface area (Å²) in [6.45, 7) is 0.491. The van der Waals surface area contributed by atoms with Gasteiger partial charge in [-0.05, 0) is 48.1 Å². The summed E-state index contributed by atoms with van der Waals surface area (Å²) in [7, 11) is 0. The van der Waals surface area contributed by atoms with Crippen molar-refractivity contribution in [1.82, 2.24) is 4.98 Å². The molecule has 0 unspecified atom stereocenters. The summed E-state index contributed by atoms with van der Waals surface area (Å²) >= 11 is 0. The molecule has 0 aliphatic heterocycles. The summed E-state index contributed by atoms with van der Waals surface area (Å²) in [5.41, 5.74) is 11.2. The minimum absolute atomic E-state index is 0. The molecule has 0 saturated carbocycles. The average molecular weight is 343 g/mol. The van der Waals surface area contributed by atoms with Crippen molar-refractivity contribution in [3.05, 3.63) is 63.4 Å². The maximum Gasteiger partial charge on any atom is 0.251 e. The number of hydrogen-bond donors (Lipinski definition) is 3. The van der Waals surface area contributed by atoms with Crippen LogP contribution in [0.15, 0.2) is 41.2 Å². The van der Waals surface area contributed by atoms with Gasteiger partial charge < -0.3 is 15.8 Å². The molecule has 0 saturated heterocycles. The minimum atomic E-state index is 0. The number of phenolic OH excluding ortho intramolecular Hbond substituents is 1. The number of phenols is 1. The van der Waals surface area contributed by atoms with E-state index in [0.717, 1.165) is 58.0 Å². The van der Waals surface area contributed by atoms with E-state index in [4.69, 9.17) is 5.73 Å². The first-order valence-corrected chi connectivity index (χ1v) is 7.88. The highest BCUT2D eigenvalue weighted by molar-refractivity contribution is 6.00. The van der Waals surface area contributed by atoms with E-state index in [1.165, 1.54) is 0 Å². The van der Waals surface area contributed by atoms with Crippen LogP contribution >= 0.6 is 12.4 Å². The number of pyridine rings is 1. The van der Waals surface area contributed by atoms with Crippen LogP contribution in [-0.4, -0.2) is 10.1 Å². The average Bonchev–Trinajstić information content (AvgIpc) is 3.06. The molecule has 0 fully saturated rings. The summed E-state index contributed by atoms with van der Waals surface area (Å²) in [6.07, 6.45) is 2.67. The van der Waals surface area contributed by atoms with Gasteiger partial charge in [-0.1, -0.05) is 24.3 Å². The lowest BCUT2D eigenvalue weighted by atomic mass is 9.94. The van der Waals surface area contributed by atoms with E-state index in [2.05, 4.69) is 4.98 Å². The van der Waals surface area contributed by atoms with Crippen LogP contribution in [0.3, 0.4) is 0 Å². The van der Waals surface area contributed by atoms with Gasteiger partial charge in [0.25, 0.3) is 5.56 Å². The van der Waals surface area contributed by atoms with E-state index in [9.17, 15) is 9.90 Å². The van der Waals surface area contributed by atoms with Crippen LogP contribution in [0.4, 0.5) is 0 Å². The molecule has 4 rings (SSSR count). The first-order chi connectivity index (χ1) is 11.2. The third-order valence-electron chi connectivity index (χ3n) is 4.70. The molecule has 124 valence electrons. The van der Waals surface area contributed by atoms with Crippen LogP contribution in [0.2, 0.25) is 0 Å². The number of halogens is 1. The number of hydrogen-bond acceptors (Lipinski definition) is 3. The van der Waals surface area contributed by atoms with Crippen LogP contribution in [0.5, 0.6) is 5.75 Å². The van der Waals surface area contributed by atoms with Gasteiger partial charge >= 0.3 is 0 Å². The van der Waals surface area contributed by atoms with Gasteiger partial charge in [-0.3, -0.25) is 4.79 Å². The number of aromatic nitrogens is 1. The van der Waals surface area contributed by atoms with Gasteiger partial charge in [-0.25, -0.2) is 0 Å². The number of aromatic amines is 1. The highest BCUT2D eigenvalue weighted by atomic mass is 35.5. The molecule has 4 N–H and O–H groups in total. The van der Waals surface area contributed by atoms with Gasteiger partial charge in [0.05, 0.1) is 0 Å². The Balaban J connectivity index is 0.00000169. The van der Waals surface area contributed by atoms with Crippen molar-refractivity contribution in [2.24, 2.45) is 5.73 Å². The zero-order valence-electron chi connectivity index (χ0n) is 13.1. The molecule has 0 atom stereocenters. The van der Waals surface area contributed by atoms with E-state index in [0.29, 0.717) is 6.54 Å². The molecule has 0 spiro atoms. The smallest absolute Gasteiger partial charge is 0.251 e. The molecule has 0 radical (unpaired) electrons. The minimum Gasteiger partial charge on any atom is -0.507 e. The largest absolute Gasteiger partial charge is 0.507 e. The third kappa shape index (κ3) is 2.48. The fourth-order valence-corrected chi connectivity index (χ4v) is 3.58. The molecule has 0 bridgehead atoms. The Morgan fingerprint density at radius 2 is 1.75 bits per heavy atom. The van der Waals surface area contributed by atoms with Crippen LogP contribution in [0.1, 0.15) is 23.1 Å². The topological polar surface area (TPSA) is 79.1 Å². The molecular weight excluding hydrogens is 324 g/mol. The summed E-state index contributed by atoms with van der Waals surface area (Å²) in [5, 5.41) is 11.4. The van der Waals surface area contributed by atoms with Gasteiger partial charge in [0.15, 0.2) is 0 Å². The number of rotatable bonds is 2. The van der Waals surface area contributed by atoms with E-state index < -0.39 is 0 Å². The lowest BCUT2D eigenvalue weighted by Gasteiger charge is -2.13. The quantitative estimate of drug-likeness (QED) is 0.668. The van der Waals surface area contributed by atoms with Crippen molar-refractivity contribution >= 4 is 23.3 Å². The summed E-state index contributed by atoms with van der Waals surface area (Å²) in [6, 6.07) is 11.3. The van der Waals surface area contributed by atoms with Gasteiger partial charge in [0, 0.05) is 28.6 Å². The van der Waals surface area contributed by atoms with Crippen molar-refractivity contribution in [3.8, 4) is 16.9 Å². The Hall–Kier alpha value is -2.30. The number of aromatic hydroxyl groups is 1. The summed E-state index contributed by atoms with van der Waals surface area (Å²) in [4.78, 5) is 15.2. The number of nitrogens with two attached hydrogens (primary N) is 1. The second-order valence-electron chi connectivity index (χ2n) is 6.05. The maximum atomic E-state index is 12.2. The molecule has 0 amide bonds. The molecule has 5 heteroatoms. The highest BCUT2D eigenvalue weighted by Crippen LogP contribution is 2.39. The predicted molar refractivity (Wildman–Crippen MR) is 98.8 cm³/mol. The Bertz CT molecular complexity index is 962. The van der Waals surface area contributed by atoms with E-state index in [-0.39, 0.29) is 23.7 Å². The second-order valence-corrected chi connectivity index (χ2v) is 6.05. The lowest BCUT2D eigenvalue weighted by Crippen LogP contribution is -2.12. The number of fused-ring (bicyclic) bond motifs is 3. The van der Waals surface area contributed by atoms with E-state index >= 15 is 0 Å². The van der Waals surface area contributed by atoms with E-state index in [1.54, 1.807) is 12.1 Å². The van der Waals surface area contributed by atoms with Crippen molar-refractivity contribution < 1.29 is 5.11 Å². The standard InChI is InChI=1S/C19H18N2O2.ClH/c20-10-11-4-6-12(7-5-11)17-16(22)9-8-15-18(17)13-2-1-3-14(13)19(23)21-15;/h4-9,22H,1-3,10,20H2,(H,21,23);1H. The maximum absolute atomic E-state index is 12.2. The fourth-order valence-electron chi connectivity index (χ4n) is 3.58. The number of nitrogens with one attached hydrogen (secondary N) is 1. The number of benzene rings is 2. The zero-order valence-corrected chi connectivity index (χ0v) is 14.0. The van der Waals surface area contributed by atoms with Gasteiger partial charge in [0.1, 0.15) is 5.75 Å². The number of aryl methyl sites for hydroxylation is 1. The van der Waals surface area contributed by atoms with Crippen molar-refractivity contribution in [3.63, 3.8) is 0 Å². The van der Waals surface area contributed by atoms with Crippen molar-refractivity contribution in [2.45, 2.75) is 25.8 Å². The fraction of sp³-hybridized carbons (Fsp3) is 0.211. The number of H-pyrrole nitrogens is 1. The third-order valence-corrected chi connectivity index (χ3v) is 4.70. The van der Waals surface area contributed by atoms with Crippen LogP contribution < -0.4 is 11.3 Å². The molecule has 1 heterocycles. The summed E-state index contributed by atoms with van der Waals surface area (Å²) in [5.74, 6) is 0.235. The van der Waals surface area contributed by atoms with Crippen LogP contribution in [0, 0.1) is 0 Å². The Morgan fingerprint density at radius 1 is 1.04 bits per heavy atom. The monoisotopic (exact) mass is 342 g/mol. The predicted octanol–water partition coefficient (Wildman–Crippen LogP) is 3.27. The van der Waals surface area contributed by atoms with Gasteiger partial charge in [-0.15, -0.1) is 12.4 Å². The highest BCUT2D eigenvalue weighted by Gasteiger charge is 2.21. The van der Waals surface area contributed by atoms with Crippen molar-refractivity contribution in [2.75, 3.05) is 0 Å². The molecule has 3 aromatic rings. The van der Waals surface area contributed by atoms with Crippen LogP contribution in [0.25, 0.3) is 22.0 Å². The molecule has 1 aliphatic carbocycles. The molecular formula is C19H19ClN2O2. The van der Waals surface area contributed by atoms with Gasteiger partial charge in [0.2, 0.25) is 0 Å². The normalized spacial score (nSPS) is 12.9.